The van der Waals surface area contributed by atoms with Gasteiger partial charge >= 0.3 is 0 Å². The summed E-state index contributed by atoms with van der Waals surface area (Å²) in [6.45, 7) is 2.02. The first-order valence-electron chi connectivity index (χ1n) is 6.53. The lowest BCUT2D eigenvalue weighted by Crippen LogP contribution is -2.36. The van der Waals surface area contributed by atoms with Crippen LogP contribution >= 0.6 is 0 Å². The van der Waals surface area contributed by atoms with E-state index in [1.54, 1.807) is 0 Å². The average Bonchev–Trinajstić information content (AvgIpc) is 2.46. The Balaban J connectivity index is 2.13. The minimum Gasteiger partial charge on any atom is -0.310 e. The quantitative estimate of drug-likeness (QED) is 0.830. The number of hydrogen-bond donors (Lipinski definition) is 1. The standard InChI is InChI=1S/C17H19NO/c1-13-8-10-15(11-9-13)17(19)16(18-2)12-14-6-4-3-5-7-14/h3-11,16,18H,12H2,1-2H3. The Kier molecular flexibility index (Phi) is 4.48. The SMILES string of the molecule is CNC(Cc1ccccc1)C(=O)c1ccc(C)cc1. The predicted molar refractivity (Wildman–Crippen MR) is 78.5 cm³/mol. The molecular formula is C17H19NO. The van der Waals surface area contributed by atoms with E-state index in [1.165, 1.54) is 11.1 Å². The number of ketones is 1. The van der Waals surface area contributed by atoms with Crippen LogP contribution in [0.15, 0.2) is 54.6 Å². The fourth-order valence-corrected chi connectivity index (χ4v) is 2.09. The summed E-state index contributed by atoms with van der Waals surface area (Å²) >= 11 is 0. The molecule has 0 amide bonds. The summed E-state index contributed by atoms with van der Waals surface area (Å²) in [5, 5.41) is 3.11. The molecule has 1 atom stereocenters. The van der Waals surface area contributed by atoms with Gasteiger partial charge in [-0.2, -0.15) is 0 Å². The molecule has 1 unspecified atom stereocenters. The van der Waals surface area contributed by atoms with Gasteiger partial charge in [0, 0.05) is 5.56 Å². The van der Waals surface area contributed by atoms with Crippen molar-refractivity contribution in [3.8, 4) is 0 Å². The Bertz CT molecular complexity index is 531. The molecule has 0 aliphatic heterocycles. The number of nitrogens with one attached hydrogen (secondary N) is 1. The van der Waals surface area contributed by atoms with E-state index in [1.807, 2.05) is 68.6 Å². The number of likely N-dealkylation sites (N-methyl/N-ethyl adjacent to an activating group) is 1. The van der Waals surface area contributed by atoms with Crippen LogP contribution in [0.2, 0.25) is 0 Å². The van der Waals surface area contributed by atoms with Crippen molar-refractivity contribution in [2.45, 2.75) is 19.4 Å². The molecule has 2 rings (SSSR count). The summed E-state index contributed by atoms with van der Waals surface area (Å²) in [7, 11) is 1.83. The smallest absolute Gasteiger partial charge is 0.180 e. The number of aryl methyl sites for hydroxylation is 1. The highest BCUT2D eigenvalue weighted by Crippen LogP contribution is 2.10. The van der Waals surface area contributed by atoms with Gasteiger partial charge < -0.3 is 5.32 Å². The van der Waals surface area contributed by atoms with Crippen molar-refractivity contribution in [1.29, 1.82) is 0 Å². The molecule has 19 heavy (non-hydrogen) atoms. The second-order valence-electron chi connectivity index (χ2n) is 4.76. The third-order valence-electron chi connectivity index (χ3n) is 3.28. The van der Waals surface area contributed by atoms with Crippen LogP contribution < -0.4 is 5.32 Å². The van der Waals surface area contributed by atoms with Crippen LogP contribution in [0.3, 0.4) is 0 Å². The molecule has 98 valence electrons. The number of rotatable bonds is 5. The number of carbonyl (C=O) groups is 1. The Labute approximate surface area is 114 Å². The molecular weight excluding hydrogens is 234 g/mol. The summed E-state index contributed by atoms with van der Waals surface area (Å²) in [5.74, 6) is 0.145. The largest absolute Gasteiger partial charge is 0.310 e. The lowest BCUT2D eigenvalue weighted by molar-refractivity contribution is 0.0946. The third kappa shape index (κ3) is 3.52. The molecule has 0 bridgehead atoms. The monoisotopic (exact) mass is 253 g/mol. The van der Waals surface area contributed by atoms with Crippen molar-refractivity contribution in [2.75, 3.05) is 7.05 Å². The fraction of sp³-hybridized carbons (Fsp3) is 0.235. The highest BCUT2D eigenvalue weighted by molar-refractivity contribution is 6.00. The first kappa shape index (κ1) is 13.5. The maximum atomic E-state index is 12.4. The lowest BCUT2D eigenvalue weighted by Gasteiger charge is -2.15. The van der Waals surface area contributed by atoms with Gasteiger partial charge in [0.05, 0.1) is 6.04 Å². The minimum atomic E-state index is -0.176. The Morgan fingerprint density at radius 1 is 1.05 bits per heavy atom. The van der Waals surface area contributed by atoms with Crippen molar-refractivity contribution in [3.63, 3.8) is 0 Å². The first-order valence-corrected chi connectivity index (χ1v) is 6.53. The van der Waals surface area contributed by atoms with Gasteiger partial charge in [0.1, 0.15) is 0 Å². The molecule has 0 saturated carbocycles. The minimum absolute atomic E-state index is 0.145. The van der Waals surface area contributed by atoms with E-state index >= 15 is 0 Å². The molecule has 0 spiro atoms. The molecule has 2 heteroatoms. The molecule has 1 N–H and O–H groups in total. The molecule has 0 aromatic heterocycles. The molecule has 0 radical (unpaired) electrons. The third-order valence-corrected chi connectivity index (χ3v) is 3.28. The van der Waals surface area contributed by atoms with Crippen LogP contribution in [0.4, 0.5) is 0 Å². The van der Waals surface area contributed by atoms with Gasteiger partial charge in [-0.05, 0) is 26.0 Å². The molecule has 0 heterocycles. The number of hydrogen-bond acceptors (Lipinski definition) is 2. The molecule has 0 aliphatic carbocycles. The lowest BCUT2D eigenvalue weighted by atomic mass is 9.97. The molecule has 2 nitrogen and oxygen atoms in total. The van der Waals surface area contributed by atoms with Gasteiger partial charge in [0.2, 0.25) is 0 Å². The van der Waals surface area contributed by atoms with Gasteiger partial charge in [-0.3, -0.25) is 4.79 Å². The van der Waals surface area contributed by atoms with E-state index in [2.05, 4.69) is 5.32 Å². The van der Waals surface area contributed by atoms with E-state index < -0.39 is 0 Å². The first-order chi connectivity index (χ1) is 9.20. The van der Waals surface area contributed by atoms with Gasteiger partial charge in [-0.25, -0.2) is 0 Å². The van der Waals surface area contributed by atoms with Crippen LogP contribution in [0.1, 0.15) is 21.5 Å². The van der Waals surface area contributed by atoms with Crippen molar-refractivity contribution < 1.29 is 4.79 Å². The maximum absolute atomic E-state index is 12.4. The van der Waals surface area contributed by atoms with Gasteiger partial charge in [-0.1, -0.05) is 60.2 Å². The molecule has 0 aliphatic rings. The van der Waals surface area contributed by atoms with Crippen LogP contribution in [0.5, 0.6) is 0 Å². The highest BCUT2D eigenvalue weighted by Gasteiger charge is 2.18. The van der Waals surface area contributed by atoms with Crippen molar-refractivity contribution >= 4 is 5.78 Å². The Morgan fingerprint density at radius 3 is 2.26 bits per heavy atom. The number of benzene rings is 2. The summed E-state index contributed by atoms with van der Waals surface area (Å²) in [6.07, 6.45) is 0.712. The predicted octanol–water partition coefficient (Wildman–Crippen LogP) is 3.01. The van der Waals surface area contributed by atoms with Crippen molar-refractivity contribution in [3.05, 3.63) is 71.3 Å². The van der Waals surface area contributed by atoms with Gasteiger partial charge in [0.15, 0.2) is 5.78 Å². The van der Waals surface area contributed by atoms with Crippen LogP contribution in [0.25, 0.3) is 0 Å². The van der Waals surface area contributed by atoms with Gasteiger partial charge in [-0.15, -0.1) is 0 Å². The normalized spacial score (nSPS) is 12.1. The van der Waals surface area contributed by atoms with Crippen LogP contribution in [-0.4, -0.2) is 18.9 Å². The van der Waals surface area contributed by atoms with E-state index in [4.69, 9.17) is 0 Å². The zero-order chi connectivity index (χ0) is 13.7. The number of Topliss-reactive ketones (excluding diaryl/α,β-unsaturated/α-hetero) is 1. The Morgan fingerprint density at radius 2 is 1.68 bits per heavy atom. The molecule has 0 saturated heterocycles. The summed E-state index contributed by atoms with van der Waals surface area (Å²) in [6, 6.07) is 17.6. The Hall–Kier alpha value is -1.93. The fourth-order valence-electron chi connectivity index (χ4n) is 2.09. The second-order valence-corrected chi connectivity index (χ2v) is 4.76. The molecule has 0 fully saturated rings. The highest BCUT2D eigenvalue weighted by atomic mass is 16.1. The maximum Gasteiger partial charge on any atom is 0.180 e. The van der Waals surface area contributed by atoms with Gasteiger partial charge in [0.25, 0.3) is 0 Å². The zero-order valence-corrected chi connectivity index (χ0v) is 11.4. The summed E-state index contributed by atoms with van der Waals surface area (Å²) in [4.78, 5) is 12.4. The van der Waals surface area contributed by atoms with Crippen molar-refractivity contribution in [1.82, 2.24) is 5.32 Å². The second kappa shape index (κ2) is 6.30. The summed E-state index contributed by atoms with van der Waals surface area (Å²) in [5.41, 5.74) is 3.10. The topological polar surface area (TPSA) is 29.1 Å². The van der Waals surface area contributed by atoms with E-state index in [-0.39, 0.29) is 11.8 Å². The van der Waals surface area contributed by atoms with Crippen molar-refractivity contribution in [2.24, 2.45) is 0 Å². The molecule has 2 aromatic carbocycles. The number of carbonyl (C=O) groups excluding carboxylic acids is 1. The zero-order valence-electron chi connectivity index (χ0n) is 11.4. The molecule has 2 aromatic rings. The van der Waals surface area contributed by atoms with E-state index in [0.717, 1.165) is 5.56 Å². The van der Waals surface area contributed by atoms with Crippen LogP contribution in [0, 0.1) is 6.92 Å². The summed E-state index contributed by atoms with van der Waals surface area (Å²) < 4.78 is 0. The van der Waals surface area contributed by atoms with E-state index in [9.17, 15) is 4.79 Å². The average molecular weight is 253 g/mol. The van der Waals surface area contributed by atoms with Crippen LogP contribution in [-0.2, 0) is 6.42 Å². The van der Waals surface area contributed by atoms with E-state index in [0.29, 0.717) is 6.42 Å².